The van der Waals surface area contributed by atoms with Crippen LogP contribution in [0.15, 0.2) is 11.6 Å². The highest BCUT2D eigenvalue weighted by Crippen LogP contribution is 2.24. The van der Waals surface area contributed by atoms with Crippen LogP contribution < -0.4 is 0 Å². The summed E-state index contributed by atoms with van der Waals surface area (Å²) in [7, 11) is 0. The summed E-state index contributed by atoms with van der Waals surface area (Å²) in [6.07, 6.45) is 6.47. The largest absolute Gasteiger partial charge is 0.336 e. The van der Waals surface area contributed by atoms with Crippen molar-refractivity contribution in [3.63, 3.8) is 0 Å². The Labute approximate surface area is 73.2 Å². The Bertz CT molecular complexity index is 232. The molecule has 0 aromatic heterocycles. The van der Waals surface area contributed by atoms with E-state index >= 15 is 0 Å². The molecule has 2 nitrogen and oxygen atoms in total. The van der Waals surface area contributed by atoms with E-state index in [1.165, 1.54) is 18.4 Å². The monoisotopic (exact) mass is 165 g/mol. The van der Waals surface area contributed by atoms with Gasteiger partial charge in [0.1, 0.15) is 0 Å². The van der Waals surface area contributed by atoms with Gasteiger partial charge >= 0.3 is 0 Å². The highest BCUT2D eigenvalue weighted by molar-refractivity contribution is 5.79. The molecule has 1 aliphatic carbocycles. The van der Waals surface area contributed by atoms with Crippen LogP contribution >= 0.6 is 0 Å². The van der Waals surface area contributed by atoms with Crippen molar-refractivity contribution in [2.75, 3.05) is 6.54 Å². The van der Waals surface area contributed by atoms with Crippen LogP contribution in [0, 0.1) is 0 Å². The Morgan fingerprint density at radius 3 is 2.75 bits per heavy atom. The molecule has 1 saturated heterocycles. The minimum atomic E-state index is 0.343. The third kappa shape index (κ3) is 1.26. The van der Waals surface area contributed by atoms with Gasteiger partial charge in [-0.15, -0.1) is 0 Å². The molecule has 2 aliphatic rings. The number of rotatable bonds is 2. The first-order valence-corrected chi connectivity index (χ1v) is 4.75. The molecule has 1 amide bonds. The van der Waals surface area contributed by atoms with Gasteiger partial charge in [-0.05, 0) is 26.2 Å². The van der Waals surface area contributed by atoms with Gasteiger partial charge in [-0.2, -0.15) is 0 Å². The van der Waals surface area contributed by atoms with Crippen molar-refractivity contribution in [1.29, 1.82) is 0 Å². The molecule has 0 bridgehead atoms. The Hall–Kier alpha value is -0.790. The molecule has 0 aromatic rings. The van der Waals surface area contributed by atoms with Crippen molar-refractivity contribution in [1.82, 2.24) is 4.90 Å². The summed E-state index contributed by atoms with van der Waals surface area (Å²) in [5.74, 6) is 0.343. The zero-order chi connectivity index (χ0) is 8.55. The van der Waals surface area contributed by atoms with E-state index in [0.717, 1.165) is 19.4 Å². The zero-order valence-electron chi connectivity index (χ0n) is 7.55. The van der Waals surface area contributed by atoms with Crippen molar-refractivity contribution in [2.24, 2.45) is 0 Å². The van der Waals surface area contributed by atoms with Crippen molar-refractivity contribution in [3.05, 3.63) is 11.6 Å². The molecular formula is C10H15NO. The summed E-state index contributed by atoms with van der Waals surface area (Å²) in [6, 6.07) is 0.471. The Kier molecular flexibility index (Phi) is 1.91. The summed E-state index contributed by atoms with van der Waals surface area (Å²) in [5, 5.41) is 0. The number of likely N-dealkylation sites (tertiary alicyclic amines) is 1. The molecular weight excluding hydrogens is 150 g/mol. The highest BCUT2D eigenvalue weighted by atomic mass is 16.2. The molecule has 0 radical (unpaired) electrons. The fraction of sp³-hybridized carbons (Fsp3) is 0.700. The van der Waals surface area contributed by atoms with Crippen LogP contribution in [-0.4, -0.2) is 23.4 Å². The van der Waals surface area contributed by atoms with Crippen LogP contribution in [0.25, 0.3) is 0 Å². The van der Waals surface area contributed by atoms with Crippen LogP contribution in [0.1, 0.15) is 32.6 Å². The van der Waals surface area contributed by atoms with Crippen LogP contribution in [0.5, 0.6) is 0 Å². The van der Waals surface area contributed by atoms with Gasteiger partial charge in [0.25, 0.3) is 0 Å². The second-order valence-electron chi connectivity index (χ2n) is 3.81. The van der Waals surface area contributed by atoms with E-state index in [1.807, 2.05) is 4.90 Å². The van der Waals surface area contributed by atoms with Gasteiger partial charge in [0.05, 0.1) is 0 Å². The molecule has 0 unspecified atom stereocenters. The van der Waals surface area contributed by atoms with Crippen LogP contribution in [-0.2, 0) is 4.79 Å². The predicted octanol–water partition coefficient (Wildman–Crippen LogP) is 1.72. The first kappa shape index (κ1) is 7.84. The van der Waals surface area contributed by atoms with Gasteiger partial charge < -0.3 is 4.90 Å². The lowest BCUT2D eigenvalue weighted by molar-refractivity contribution is -0.128. The number of nitrogens with zero attached hydrogens (tertiary/aromatic N) is 1. The molecule has 2 rings (SSSR count). The number of carbonyl (C=O) groups excluding carboxylic acids is 1. The van der Waals surface area contributed by atoms with Crippen LogP contribution in [0.4, 0.5) is 0 Å². The smallest absolute Gasteiger partial charge is 0.223 e. The SMILES string of the molecule is C[C@@H]1CCC(=O)N1CC1=CCC1. The molecule has 0 N–H and O–H groups in total. The van der Waals surface area contributed by atoms with Crippen LogP contribution in [0.3, 0.4) is 0 Å². The zero-order valence-corrected chi connectivity index (χ0v) is 7.55. The number of amides is 1. The first-order valence-electron chi connectivity index (χ1n) is 4.75. The van der Waals surface area contributed by atoms with Gasteiger partial charge in [-0.25, -0.2) is 0 Å². The summed E-state index contributed by atoms with van der Waals surface area (Å²) in [6.45, 7) is 3.05. The Morgan fingerprint density at radius 2 is 2.33 bits per heavy atom. The standard InChI is InChI=1S/C10H15NO/c1-8-5-6-10(12)11(8)7-9-3-2-4-9/h3,8H,2,4-7H2,1H3/t8-/m1/s1. The summed E-state index contributed by atoms with van der Waals surface area (Å²) in [5.41, 5.74) is 1.46. The van der Waals surface area contributed by atoms with Crippen molar-refractivity contribution >= 4 is 5.91 Å². The molecule has 12 heavy (non-hydrogen) atoms. The fourth-order valence-corrected chi connectivity index (χ4v) is 1.83. The van der Waals surface area contributed by atoms with Gasteiger partial charge in [-0.1, -0.05) is 11.6 Å². The van der Waals surface area contributed by atoms with E-state index in [4.69, 9.17) is 0 Å². The average Bonchev–Trinajstić information content (AvgIpc) is 2.25. The first-order chi connectivity index (χ1) is 5.77. The molecule has 66 valence electrons. The lowest BCUT2D eigenvalue weighted by Crippen LogP contribution is -2.33. The minimum absolute atomic E-state index is 0.343. The number of hydrogen-bond donors (Lipinski definition) is 0. The third-order valence-corrected chi connectivity index (χ3v) is 2.90. The maximum atomic E-state index is 11.4. The van der Waals surface area contributed by atoms with Gasteiger partial charge in [-0.3, -0.25) is 4.79 Å². The van der Waals surface area contributed by atoms with Crippen molar-refractivity contribution in [3.8, 4) is 0 Å². The van der Waals surface area contributed by atoms with E-state index in [9.17, 15) is 4.79 Å². The normalized spacial score (nSPS) is 28.8. The lowest BCUT2D eigenvalue weighted by atomic mass is 9.98. The minimum Gasteiger partial charge on any atom is -0.336 e. The molecule has 0 saturated carbocycles. The molecule has 1 atom stereocenters. The van der Waals surface area contributed by atoms with Crippen LogP contribution in [0.2, 0.25) is 0 Å². The average molecular weight is 165 g/mol. The quantitative estimate of drug-likeness (QED) is 0.570. The molecule has 0 aromatic carbocycles. The summed E-state index contributed by atoms with van der Waals surface area (Å²) >= 11 is 0. The lowest BCUT2D eigenvalue weighted by Gasteiger charge is -2.25. The van der Waals surface area contributed by atoms with Gasteiger partial charge in [0, 0.05) is 19.0 Å². The Balaban J connectivity index is 1.97. The van der Waals surface area contributed by atoms with Gasteiger partial charge in [0.15, 0.2) is 0 Å². The number of hydrogen-bond acceptors (Lipinski definition) is 1. The second-order valence-corrected chi connectivity index (χ2v) is 3.81. The van der Waals surface area contributed by atoms with E-state index in [0.29, 0.717) is 11.9 Å². The fourth-order valence-electron chi connectivity index (χ4n) is 1.83. The van der Waals surface area contributed by atoms with E-state index in [1.54, 1.807) is 0 Å². The predicted molar refractivity (Wildman–Crippen MR) is 47.7 cm³/mol. The second kappa shape index (κ2) is 2.92. The topological polar surface area (TPSA) is 20.3 Å². The van der Waals surface area contributed by atoms with E-state index in [-0.39, 0.29) is 0 Å². The molecule has 2 heteroatoms. The van der Waals surface area contributed by atoms with Crippen molar-refractivity contribution in [2.45, 2.75) is 38.6 Å². The maximum Gasteiger partial charge on any atom is 0.223 e. The van der Waals surface area contributed by atoms with Crippen molar-refractivity contribution < 1.29 is 4.79 Å². The molecule has 1 fully saturated rings. The molecule has 0 spiro atoms. The third-order valence-electron chi connectivity index (χ3n) is 2.90. The highest BCUT2D eigenvalue weighted by Gasteiger charge is 2.28. The summed E-state index contributed by atoms with van der Waals surface area (Å²) in [4.78, 5) is 13.4. The van der Waals surface area contributed by atoms with E-state index in [2.05, 4.69) is 13.0 Å². The number of carbonyl (C=O) groups is 1. The Morgan fingerprint density at radius 1 is 1.58 bits per heavy atom. The summed E-state index contributed by atoms with van der Waals surface area (Å²) < 4.78 is 0. The van der Waals surface area contributed by atoms with E-state index < -0.39 is 0 Å². The maximum absolute atomic E-state index is 11.4. The number of allylic oxidation sites excluding steroid dienone is 1. The molecule has 1 aliphatic heterocycles. The molecule has 1 heterocycles. The van der Waals surface area contributed by atoms with Gasteiger partial charge in [0.2, 0.25) is 5.91 Å².